The van der Waals surface area contributed by atoms with E-state index in [1.165, 1.54) is 38.5 Å². The molecule has 0 radical (unpaired) electrons. The van der Waals surface area contributed by atoms with Crippen LogP contribution in [0.1, 0.15) is 51.9 Å². The molecule has 2 heteroatoms. The van der Waals surface area contributed by atoms with Crippen molar-refractivity contribution >= 4 is 0 Å². The van der Waals surface area contributed by atoms with Crippen molar-refractivity contribution in [2.45, 2.75) is 64.0 Å². The highest BCUT2D eigenvalue weighted by Gasteiger charge is 2.32. The van der Waals surface area contributed by atoms with Crippen LogP contribution in [-0.4, -0.2) is 23.8 Å². The van der Waals surface area contributed by atoms with E-state index in [2.05, 4.69) is 12.2 Å². The molecule has 1 unspecified atom stereocenters. The Morgan fingerprint density at radius 1 is 1.13 bits per heavy atom. The molecule has 2 N–H and O–H groups in total. The second-order valence-corrected chi connectivity index (χ2v) is 5.58. The van der Waals surface area contributed by atoms with E-state index in [0.717, 1.165) is 24.3 Å². The first-order valence-corrected chi connectivity index (χ1v) is 6.66. The van der Waals surface area contributed by atoms with Gasteiger partial charge in [-0.25, -0.2) is 0 Å². The number of aliphatic hydroxyl groups is 1. The number of nitrogens with one attached hydrogen (secondary N) is 1. The standard InChI is InChI=1S/C13H25NO/c1-10-2-6-12(7-3-10)14-13(8-9-15)11-4-5-11/h10-15H,2-9H2,1H3. The Labute approximate surface area is 93.5 Å². The van der Waals surface area contributed by atoms with Crippen molar-refractivity contribution in [1.82, 2.24) is 5.32 Å². The minimum absolute atomic E-state index is 0.345. The molecule has 0 bridgehead atoms. The minimum atomic E-state index is 0.345. The summed E-state index contributed by atoms with van der Waals surface area (Å²) in [7, 11) is 0. The molecular formula is C13H25NO. The molecule has 0 aromatic rings. The highest BCUT2D eigenvalue weighted by atomic mass is 16.3. The Morgan fingerprint density at radius 3 is 2.33 bits per heavy atom. The Balaban J connectivity index is 1.73. The lowest BCUT2D eigenvalue weighted by atomic mass is 9.87. The number of rotatable bonds is 5. The van der Waals surface area contributed by atoms with E-state index in [-0.39, 0.29) is 0 Å². The van der Waals surface area contributed by atoms with Crippen molar-refractivity contribution in [3.8, 4) is 0 Å². The first-order valence-electron chi connectivity index (χ1n) is 6.66. The van der Waals surface area contributed by atoms with Crippen molar-refractivity contribution in [1.29, 1.82) is 0 Å². The fourth-order valence-electron chi connectivity index (χ4n) is 2.82. The second-order valence-electron chi connectivity index (χ2n) is 5.58. The van der Waals surface area contributed by atoms with Crippen LogP contribution in [0.25, 0.3) is 0 Å². The van der Waals surface area contributed by atoms with E-state index in [9.17, 15) is 0 Å². The lowest BCUT2D eigenvalue weighted by molar-refractivity contribution is 0.227. The zero-order valence-electron chi connectivity index (χ0n) is 9.91. The van der Waals surface area contributed by atoms with E-state index in [1.807, 2.05) is 0 Å². The van der Waals surface area contributed by atoms with Gasteiger partial charge in [0.2, 0.25) is 0 Å². The topological polar surface area (TPSA) is 32.3 Å². The second kappa shape index (κ2) is 5.31. The van der Waals surface area contributed by atoms with Crippen molar-refractivity contribution in [3.63, 3.8) is 0 Å². The molecule has 0 heterocycles. The molecule has 2 saturated carbocycles. The number of aliphatic hydroxyl groups excluding tert-OH is 1. The highest BCUT2D eigenvalue weighted by molar-refractivity contribution is 4.89. The molecular weight excluding hydrogens is 186 g/mol. The van der Waals surface area contributed by atoms with Gasteiger partial charge < -0.3 is 10.4 Å². The van der Waals surface area contributed by atoms with Crippen LogP contribution in [0.3, 0.4) is 0 Å². The van der Waals surface area contributed by atoms with Gasteiger partial charge in [0.1, 0.15) is 0 Å². The molecule has 0 spiro atoms. The first kappa shape index (κ1) is 11.4. The average Bonchev–Trinajstić information content (AvgIpc) is 3.04. The normalized spacial score (nSPS) is 34.0. The molecule has 0 aromatic heterocycles. The van der Waals surface area contributed by atoms with Gasteiger partial charge in [0.05, 0.1) is 0 Å². The van der Waals surface area contributed by atoms with Crippen LogP contribution in [0.15, 0.2) is 0 Å². The quantitative estimate of drug-likeness (QED) is 0.731. The smallest absolute Gasteiger partial charge is 0.0445 e. The predicted octanol–water partition coefficient (Wildman–Crippen LogP) is 2.32. The van der Waals surface area contributed by atoms with Crippen LogP contribution in [0.2, 0.25) is 0 Å². The van der Waals surface area contributed by atoms with E-state index in [0.29, 0.717) is 12.6 Å². The molecule has 2 nitrogen and oxygen atoms in total. The monoisotopic (exact) mass is 211 g/mol. The highest BCUT2D eigenvalue weighted by Crippen LogP contribution is 2.35. The van der Waals surface area contributed by atoms with Gasteiger partial charge in [-0.1, -0.05) is 6.92 Å². The molecule has 88 valence electrons. The van der Waals surface area contributed by atoms with Crippen molar-refractivity contribution in [2.75, 3.05) is 6.61 Å². The summed E-state index contributed by atoms with van der Waals surface area (Å²) in [6.45, 7) is 2.71. The maximum atomic E-state index is 9.04. The van der Waals surface area contributed by atoms with E-state index in [1.54, 1.807) is 0 Å². The van der Waals surface area contributed by atoms with Crippen molar-refractivity contribution in [3.05, 3.63) is 0 Å². The number of hydrogen-bond acceptors (Lipinski definition) is 2. The Morgan fingerprint density at radius 2 is 1.80 bits per heavy atom. The van der Waals surface area contributed by atoms with Crippen LogP contribution in [0, 0.1) is 11.8 Å². The van der Waals surface area contributed by atoms with E-state index < -0.39 is 0 Å². The summed E-state index contributed by atoms with van der Waals surface area (Å²) in [4.78, 5) is 0. The molecule has 0 aliphatic heterocycles. The van der Waals surface area contributed by atoms with Gasteiger partial charge in [0, 0.05) is 18.7 Å². The maximum Gasteiger partial charge on any atom is 0.0445 e. The summed E-state index contributed by atoms with van der Waals surface area (Å²) in [5.41, 5.74) is 0. The summed E-state index contributed by atoms with van der Waals surface area (Å²) in [6.07, 6.45) is 9.16. The van der Waals surface area contributed by atoms with Crippen LogP contribution >= 0.6 is 0 Å². The largest absolute Gasteiger partial charge is 0.396 e. The molecule has 2 aliphatic carbocycles. The average molecular weight is 211 g/mol. The van der Waals surface area contributed by atoms with Gasteiger partial charge in [-0.05, 0) is 56.8 Å². The van der Waals surface area contributed by atoms with Crippen molar-refractivity contribution in [2.24, 2.45) is 11.8 Å². The van der Waals surface area contributed by atoms with Crippen molar-refractivity contribution < 1.29 is 5.11 Å². The molecule has 0 saturated heterocycles. The fourth-order valence-corrected chi connectivity index (χ4v) is 2.82. The maximum absolute atomic E-state index is 9.04. The minimum Gasteiger partial charge on any atom is -0.396 e. The predicted molar refractivity (Wildman–Crippen MR) is 62.8 cm³/mol. The van der Waals surface area contributed by atoms with Gasteiger partial charge in [0.15, 0.2) is 0 Å². The van der Waals surface area contributed by atoms with Crippen LogP contribution in [-0.2, 0) is 0 Å². The van der Waals surface area contributed by atoms with Gasteiger partial charge in [-0.3, -0.25) is 0 Å². The summed E-state index contributed by atoms with van der Waals surface area (Å²) < 4.78 is 0. The van der Waals surface area contributed by atoms with Crippen LogP contribution < -0.4 is 5.32 Å². The summed E-state index contributed by atoms with van der Waals surface area (Å²) in [6, 6.07) is 1.34. The lowest BCUT2D eigenvalue weighted by Gasteiger charge is -2.31. The zero-order chi connectivity index (χ0) is 10.7. The molecule has 15 heavy (non-hydrogen) atoms. The zero-order valence-corrected chi connectivity index (χ0v) is 9.91. The van der Waals surface area contributed by atoms with Gasteiger partial charge in [-0.2, -0.15) is 0 Å². The Kier molecular flexibility index (Phi) is 4.04. The molecule has 2 aliphatic rings. The Bertz CT molecular complexity index is 183. The SMILES string of the molecule is CC1CCC(NC(CCO)C2CC2)CC1. The summed E-state index contributed by atoms with van der Waals surface area (Å²) in [5.74, 6) is 1.80. The van der Waals surface area contributed by atoms with Gasteiger partial charge in [0.25, 0.3) is 0 Å². The fraction of sp³-hybridized carbons (Fsp3) is 1.00. The lowest BCUT2D eigenvalue weighted by Crippen LogP contribution is -2.42. The van der Waals surface area contributed by atoms with E-state index >= 15 is 0 Å². The molecule has 1 atom stereocenters. The number of hydrogen-bond donors (Lipinski definition) is 2. The third-order valence-corrected chi connectivity index (χ3v) is 4.10. The molecule has 0 amide bonds. The van der Waals surface area contributed by atoms with Crippen LogP contribution in [0.5, 0.6) is 0 Å². The van der Waals surface area contributed by atoms with E-state index in [4.69, 9.17) is 5.11 Å². The molecule has 0 aromatic carbocycles. The van der Waals surface area contributed by atoms with Crippen LogP contribution in [0.4, 0.5) is 0 Å². The molecule has 2 rings (SSSR count). The first-order chi connectivity index (χ1) is 7.29. The van der Waals surface area contributed by atoms with Gasteiger partial charge in [-0.15, -0.1) is 0 Å². The summed E-state index contributed by atoms with van der Waals surface area (Å²) in [5, 5.41) is 12.8. The Hall–Kier alpha value is -0.0800. The third kappa shape index (κ3) is 3.46. The summed E-state index contributed by atoms with van der Waals surface area (Å²) >= 11 is 0. The molecule has 2 fully saturated rings. The van der Waals surface area contributed by atoms with Gasteiger partial charge >= 0.3 is 0 Å². The third-order valence-electron chi connectivity index (χ3n) is 4.10.